The Bertz CT molecular complexity index is 516. The second-order valence-corrected chi connectivity index (χ2v) is 4.05. The van der Waals surface area contributed by atoms with E-state index in [1.807, 2.05) is 27.7 Å². The lowest BCUT2D eigenvalue weighted by atomic mass is 10.2. The maximum atomic E-state index is 13.5. The Hall–Kier alpha value is -1.61. The second kappa shape index (κ2) is 10.2. The number of hydrogen-bond donors (Lipinski definition) is 0. The minimum absolute atomic E-state index is 0.330. The summed E-state index contributed by atoms with van der Waals surface area (Å²) in [4.78, 5) is 0. The van der Waals surface area contributed by atoms with Gasteiger partial charge in [-0.3, -0.25) is 0 Å². The smallest absolute Gasteiger partial charge is 0.198 e. The van der Waals surface area contributed by atoms with Crippen LogP contribution in [0.15, 0.2) is 36.4 Å². The van der Waals surface area contributed by atoms with Gasteiger partial charge in [-0.15, -0.1) is 0 Å². The van der Waals surface area contributed by atoms with E-state index in [9.17, 15) is 8.78 Å². The summed E-state index contributed by atoms with van der Waals surface area (Å²) >= 11 is 5.69. The fourth-order valence-corrected chi connectivity index (χ4v) is 1.53. The molecule has 0 N–H and O–H groups in total. The van der Waals surface area contributed by atoms with Crippen LogP contribution in [0.25, 0.3) is 0 Å². The Labute approximate surface area is 130 Å². The van der Waals surface area contributed by atoms with Crippen molar-refractivity contribution in [2.24, 2.45) is 0 Å². The van der Waals surface area contributed by atoms with Gasteiger partial charge in [0.2, 0.25) is 0 Å². The lowest BCUT2D eigenvalue weighted by Gasteiger charge is -2.08. The summed E-state index contributed by atoms with van der Waals surface area (Å²) in [6.07, 6.45) is 0. The third-order valence-corrected chi connectivity index (χ3v) is 2.43. The van der Waals surface area contributed by atoms with Gasteiger partial charge in [0.15, 0.2) is 17.4 Å². The molecule has 0 aliphatic carbocycles. The molecule has 21 heavy (non-hydrogen) atoms. The molecule has 2 aromatic carbocycles. The average Bonchev–Trinajstić information content (AvgIpc) is 2.49. The van der Waals surface area contributed by atoms with Gasteiger partial charge in [-0.2, -0.15) is 0 Å². The third-order valence-electron chi connectivity index (χ3n) is 2.18. The molecule has 0 heterocycles. The number of rotatable bonds is 2. The van der Waals surface area contributed by atoms with Crippen molar-refractivity contribution in [2.75, 3.05) is 0 Å². The molecule has 0 saturated carbocycles. The van der Waals surface area contributed by atoms with Gasteiger partial charge in [-0.25, -0.2) is 8.78 Å². The Balaban J connectivity index is 0.000000921. The molecule has 0 radical (unpaired) electrons. The molecule has 0 aromatic heterocycles. The van der Waals surface area contributed by atoms with E-state index in [0.717, 1.165) is 0 Å². The number of ether oxygens (including phenoxy) is 1. The molecule has 2 aromatic rings. The molecule has 2 rings (SSSR count). The first kappa shape index (κ1) is 19.4. The minimum atomic E-state index is -0.725. The van der Waals surface area contributed by atoms with Crippen LogP contribution in [0.5, 0.6) is 11.5 Å². The SMILES string of the molecule is CC.CC.Cc1cc(F)c(Oc2ccc(Cl)cc2)c(F)c1. The van der Waals surface area contributed by atoms with Crippen LogP contribution in [-0.2, 0) is 0 Å². The van der Waals surface area contributed by atoms with Crippen molar-refractivity contribution in [3.8, 4) is 11.5 Å². The summed E-state index contributed by atoms with van der Waals surface area (Å²) in [5.41, 5.74) is 0.503. The maximum Gasteiger partial charge on any atom is 0.198 e. The summed E-state index contributed by atoms with van der Waals surface area (Å²) in [6.45, 7) is 9.61. The molecule has 0 amide bonds. The zero-order chi connectivity index (χ0) is 16.4. The Morgan fingerprint density at radius 2 is 1.29 bits per heavy atom. The molecule has 0 atom stereocenters. The van der Waals surface area contributed by atoms with Crippen molar-refractivity contribution in [1.82, 2.24) is 0 Å². The normalized spacial score (nSPS) is 8.95. The Morgan fingerprint density at radius 1 is 0.857 bits per heavy atom. The fraction of sp³-hybridized carbons (Fsp3) is 0.294. The van der Waals surface area contributed by atoms with E-state index in [4.69, 9.17) is 16.3 Å². The summed E-state index contributed by atoms with van der Waals surface area (Å²) < 4.78 is 32.1. The van der Waals surface area contributed by atoms with Crippen molar-refractivity contribution in [1.29, 1.82) is 0 Å². The van der Waals surface area contributed by atoms with Gasteiger partial charge >= 0.3 is 0 Å². The highest BCUT2D eigenvalue weighted by molar-refractivity contribution is 6.30. The topological polar surface area (TPSA) is 9.23 Å². The lowest BCUT2D eigenvalue weighted by Crippen LogP contribution is -1.93. The van der Waals surface area contributed by atoms with E-state index in [-0.39, 0.29) is 0 Å². The van der Waals surface area contributed by atoms with Crippen LogP contribution in [0.4, 0.5) is 8.78 Å². The van der Waals surface area contributed by atoms with Crippen molar-refractivity contribution in [2.45, 2.75) is 34.6 Å². The van der Waals surface area contributed by atoms with E-state index in [0.29, 0.717) is 16.3 Å². The molecular weight excluding hydrogens is 294 g/mol. The van der Waals surface area contributed by atoms with Crippen molar-refractivity contribution in [3.05, 3.63) is 58.6 Å². The first-order valence-electron chi connectivity index (χ1n) is 6.95. The van der Waals surface area contributed by atoms with Crippen LogP contribution in [0, 0.1) is 18.6 Å². The zero-order valence-electron chi connectivity index (χ0n) is 13.0. The number of hydrogen-bond acceptors (Lipinski definition) is 1. The van der Waals surface area contributed by atoms with E-state index in [1.54, 1.807) is 31.2 Å². The highest BCUT2D eigenvalue weighted by atomic mass is 35.5. The Kier molecular flexibility index (Phi) is 9.39. The van der Waals surface area contributed by atoms with Crippen LogP contribution < -0.4 is 4.74 Å². The second-order valence-electron chi connectivity index (χ2n) is 3.61. The maximum absolute atomic E-state index is 13.5. The first-order chi connectivity index (χ1) is 10.1. The predicted molar refractivity (Wildman–Crippen MR) is 85.3 cm³/mol. The molecule has 0 unspecified atom stereocenters. The molecule has 0 bridgehead atoms. The van der Waals surface area contributed by atoms with Gasteiger partial charge in [0.25, 0.3) is 0 Å². The predicted octanol–water partition coefficient (Wildman–Crippen LogP) is 6.77. The van der Waals surface area contributed by atoms with Crippen LogP contribution in [0.3, 0.4) is 0 Å². The molecule has 4 heteroatoms. The molecule has 116 valence electrons. The molecule has 1 nitrogen and oxygen atoms in total. The standard InChI is InChI=1S/C13H9ClF2O.2C2H6/c1-8-6-11(15)13(12(16)7-8)17-10-4-2-9(14)3-5-10;2*1-2/h2-7H,1H3;2*1-2H3. The van der Waals surface area contributed by atoms with Gasteiger partial charge < -0.3 is 4.74 Å². The van der Waals surface area contributed by atoms with E-state index >= 15 is 0 Å². The van der Waals surface area contributed by atoms with Crippen LogP contribution in [0.2, 0.25) is 5.02 Å². The molecule has 0 aliphatic heterocycles. The largest absolute Gasteiger partial charge is 0.451 e. The number of halogens is 3. The van der Waals surface area contributed by atoms with Crippen molar-refractivity contribution >= 4 is 11.6 Å². The molecule has 0 saturated heterocycles. The lowest BCUT2D eigenvalue weighted by molar-refractivity contribution is 0.407. The zero-order valence-corrected chi connectivity index (χ0v) is 13.8. The molecule has 0 spiro atoms. The van der Waals surface area contributed by atoms with Gasteiger partial charge in [-0.05, 0) is 48.9 Å². The van der Waals surface area contributed by atoms with Crippen LogP contribution in [-0.4, -0.2) is 0 Å². The monoisotopic (exact) mass is 314 g/mol. The number of benzene rings is 2. The summed E-state index contributed by atoms with van der Waals surface area (Å²) in [6, 6.07) is 8.69. The average molecular weight is 315 g/mol. The van der Waals surface area contributed by atoms with Crippen molar-refractivity contribution in [3.63, 3.8) is 0 Å². The van der Waals surface area contributed by atoms with E-state index in [1.165, 1.54) is 12.1 Å². The molecular formula is C17H21ClF2O. The highest BCUT2D eigenvalue weighted by Gasteiger charge is 2.12. The minimum Gasteiger partial charge on any atom is -0.451 e. The first-order valence-corrected chi connectivity index (χ1v) is 7.33. The Morgan fingerprint density at radius 3 is 1.71 bits per heavy atom. The van der Waals surface area contributed by atoms with Gasteiger partial charge in [0, 0.05) is 5.02 Å². The third kappa shape index (κ3) is 6.13. The van der Waals surface area contributed by atoms with E-state index in [2.05, 4.69) is 0 Å². The quantitative estimate of drug-likeness (QED) is 0.594. The number of aryl methyl sites for hydroxylation is 1. The highest BCUT2D eigenvalue weighted by Crippen LogP contribution is 2.29. The van der Waals surface area contributed by atoms with E-state index < -0.39 is 17.4 Å². The fourth-order valence-electron chi connectivity index (χ4n) is 1.40. The summed E-state index contributed by atoms with van der Waals surface area (Å²) in [7, 11) is 0. The molecule has 0 fully saturated rings. The van der Waals surface area contributed by atoms with Crippen LogP contribution >= 0.6 is 11.6 Å². The van der Waals surface area contributed by atoms with Crippen molar-refractivity contribution < 1.29 is 13.5 Å². The van der Waals surface area contributed by atoms with Gasteiger partial charge in [-0.1, -0.05) is 39.3 Å². The van der Waals surface area contributed by atoms with Gasteiger partial charge in [0.05, 0.1) is 0 Å². The van der Waals surface area contributed by atoms with Gasteiger partial charge in [0.1, 0.15) is 5.75 Å². The van der Waals surface area contributed by atoms with Crippen LogP contribution in [0.1, 0.15) is 33.3 Å². The molecule has 0 aliphatic rings. The summed E-state index contributed by atoms with van der Waals surface area (Å²) in [5.74, 6) is -1.52. The summed E-state index contributed by atoms with van der Waals surface area (Å²) in [5, 5.41) is 0.530.